The highest BCUT2D eigenvalue weighted by Gasteiger charge is 2.53. The Morgan fingerprint density at radius 1 is 1.14 bits per heavy atom. The lowest BCUT2D eigenvalue weighted by Gasteiger charge is -2.56. The summed E-state index contributed by atoms with van der Waals surface area (Å²) in [6, 6.07) is 7.03. The zero-order chi connectivity index (χ0) is 15.4. The molecule has 3 rings (SSSR count). The molecule has 3 atom stereocenters. The lowest BCUT2D eigenvalue weighted by molar-refractivity contribution is -0.0534. The predicted octanol–water partition coefficient (Wildman–Crippen LogP) is 4.81. The number of fused-ring (bicyclic) bond motifs is 3. The van der Waals surface area contributed by atoms with Crippen molar-refractivity contribution in [2.24, 2.45) is 11.3 Å². The molecule has 1 heteroatoms. The van der Waals surface area contributed by atoms with Crippen LogP contribution in [0, 0.1) is 11.3 Å². The third-order valence-electron chi connectivity index (χ3n) is 6.27. The molecule has 0 aromatic heterocycles. The van der Waals surface area contributed by atoms with Crippen molar-refractivity contribution >= 4 is 0 Å². The van der Waals surface area contributed by atoms with E-state index < -0.39 is 0 Å². The number of hydrogen-bond donors (Lipinski definition) is 1. The topological polar surface area (TPSA) is 20.2 Å². The van der Waals surface area contributed by atoms with Gasteiger partial charge in [-0.3, -0.25) is 0 Å². The van der Waals surface area contributed by atoms with Crippen LogP contribution >= 0.6 is 0 Å². The molecule has 116 valence electrons. The monoisotopic (exact) mass is 286 g/mol. The Labute approximate surface area is 129 Å². The maximum atomic E-state index is 10.9. The van der Waals surface area contributed by atoms with Crippen LogP contribution in [0.3, 0.4) is 0 Å². The summed E-state index contributed by atoms with van der Waals surface area (Å²) in [5.41, 5.74) is 4.68. The molecule has 2 aliphatic rings. The van der Waals surface area contributed by atoms with E-state index in [2.05, 4.69) is 52.8 Å². The van der Waals surface area contributed by atoms with Gasteiger partial charge in [0.1, 0.15) is 0 Å². The van der Waals surface area contributed by atoms with Crippen LogP contribution in [-0.4, -0.2) is 11.2 Å². The van der Waals surface area contributed by atoms with Crippen molar-refractivity contribution < 1.29 is 5.11 Å². The zero-order valence-corrected chi connectivity index (χ0v) is 14.2. The van der Waals surface area contributed by atoms with E-state index in [1.165, 1.54) is 36.0 Å². The van der Waals surface area contributed by atoms with Crippen molar-refractivity contribution in [3.8, 4) is 0 Å². The Morgan fingerprint density at radius 2 is 1.86 bits per heavy atom. The third kappa shape index (κ3) is 2.25. The Morgan fingerprint density at radius 3 is 2.52 bits per heavy atom. The lowest BCUT2D eigenvalue weighted by atomic mass is 9.49. The molecule has 0 radical (unpaired) electrons. The first-order valence-corrected chi connectivity index (χ1v) is 8.57. The fraction of sp³-hybridized carbons (Fsp3) is 0.700. The highest BCUT2D eigenvalue weighted by atomic mass is 16.3. The SMILES string of the molecule is CC(C)c1ccc2c(c1)C[C@@H](O)[C@H]1C(C)(C)CCC[C@@]21C. The molecule has 1 fully saturated rings. The van der Waals surface area contributed by atoms with Crippen molar-refractivity contribution in [1.29, 1.82) is 0 Å². The van der Waals surface area contributed by atoms with Gasteiger partial charge < -0.3 is 5.11 Å². The van der Waals surface area contributed by atoms with Crippen LogP contribution in [0.2, 0.25) is 0 Å². The Balaban J connectivity index is 2.12. The van der Waals surface area contributed by atoms with E-state index in [1.54, 1.807) is 0 Å². The van der Waals surface area contributed by atoms with Gasteiger partial charge in [-0.2, -0.15) is 0 Å². The van der Waals surface area contributed by atoms with Gasteiger partial charge in [-0.25, -0.2) is 0 Å². The number of aliphatic hydroxyl groups excluding tert-OH is 1. The molecule has 0 aliphatic heterocycles. The maximum Gasteiger partial charge on any atom is 0.0622 e. The molecule has 1 aromatic rings. The summed E-state index contributed by atoms with van der Waals surface area (Å²) in [5, 5.41) is 10.9. The van der Waals surface area contributed by atoms with Crippen molar-refractivity contribution in [1.82, 2.24) is 0 Å². The van der Waals surface area contributed by atoms with Crippen LogP contribution in [0.15, 0.2) is 18.2 Å². The molecule has 2 aliphatic carbocycles. The molecule has 1 N–H and O–H groups in total. The van der Waals surface area contributed by atoms with Crippen molar-refractivity contribution in [3.63, 3.8) is 0 Å². The minimum atomic E-state index is -0.194. The van der Waals surface area contributed by atoms with Gasteiger partial charge in [0.2, 0.25) is 0 Å². The first-order chi connectivity index (χ1) is 9.75. The second-order valence-electron chi connectivity index (χ2n) is 8.58. The van der Waals surface area contributed by atoms with Gasteiger partial charge in [0.25, 0.3) is 0 Å². The van der Waals surface area contributed by atoms with E-state index in [-0.39, 0.29) is 16.9 Å². The molecule has 0 bridgehead atoms. The predicted molar refractivity (Wildman–Crippen MR) is 88.7 cm³/mol. The van der Waals surface area contributed by atoms with E-state index in [0.717, 1.165) is 6.42 Å². The number of benzene rings is 1. The minimum Gasteiger partial charge on any atom is -0.392 e. The summed E-state index contributed by atoms with van der Waals surface area (Å²) < 4.78 is 0. The van der Waals surface area contributed by atoms with Gasteiger partial charge in [-0.15, -0.1) is 0 Å². The fourth-order valence-corrected chi connectivity index (χ4v) is 5.37. The summed E-state index contributed by atoms with van der Waals surface area (Å²) in [6.45, 7) is 11.6. The average Bonchev–Trinajstić information content (AvgIpc) is 2.36. The van der Waals surface area contributed by atoms with Gasteiger partial charge in [-0.05, 0) is 58.6 Å². The number of hydrogen-bond acceptors (Lipinski definition) is 1. The Kier molecular flexibility index (Phi) is 3.48. The van der Waals surface area contributed by atoms with Crippen LogP contribution < -0.4 is 0 Å². The molecule has 0 amide bonds. The second-order valence-corrected chi connectivity index (χ2v) is 8.58. The number of rotatable bonds is 1. The maximum absolute atomic E-state index is 10.9. The molecule has 1 nitrogen and oxygen atoms in total. The van der Waals surface area contributed by atoms with Crippen LogP contribution in [0.4, 0.5) is 0 Å². The largest absolute Gasteiger partial charge is 0.392 e. The van der Waals surface area contributed by atoms with Gasteiger partial charge in [0.15, 0.2) is 0 Å². The van der Waals surface area contributed by atoms with E-state index >= 15 is 0 Å². The van der Waals surface area contributed by atoms with Crippen molar-refractivity contribution in [3.05, 3.63) is 34.9 Å². The van der Waals surface area contributed by atoms with E-state index in [0.29, 0.717) is 11.8 Å². The summed E-state index contributed by atoms with van der Waals surface area (Å²) in [7, 11) is 0. The minimum absolute atomic E-state index is 0.143. The Bertz CT molecular complexity index is 543. The normalized spacial score (nSPS) is 34.4. The Hall–Kier alpha value is -0.820. The second kappa shape index (κ2) is 4.84. The van der Waals surface area contributed by atoms with Crippen molar-refractivity contribution in [2.75, 3.05) is 0 Å². The summed E-state index contributed by atoms with van der Waals surface area (Å²) in [6.07, 6.45) is 4.37. The van der Waals surface area contributed by atoms with Gasteiger partial charge in [-0.1, -0.05) is 59.2 Å². The fourth-order valence-electron chi connectivity index (χ4n) is 5.37. The van der Waals surface area contributed by atoms with Gasteiger partial charge in [0.05, 0.1) is 6.10 Å². The third-order valence-corrected chi connectivity index (χ3v) is 6.27. The van der Waals surface area contributed by atoms with Crippen LogP contribution in [0.25, 0.3) is 0 Å². The molecule has 1 saturated carbocycles. The van der Waals surface area contributed by atoms with Crippen LogP contribution in [-0.2, 0) is 11.8 Å². The number of aliphatic hydroxyl groups is 1. The molecule has 0 heterocycles. The summed E-state index contributed by atoms with van der Waals surface area (Å²) in [5.74, 6) is 0.942. The van der Waals surface area contributed by atoms with Crippen molar-refractivity contribution in [2.45, 2.75) is 77.7 Å². The smallest absolute Gasteiger partial charge is 0.0622 e. The molecule has 21 heavy (non-hydrogen) atoms. The van der Waals surface area contributed by atoms with Crippen LogP contribution in [0.1, 0.15) is 76.5 Å². The zero-order valence-electron chi connectivity index (χ0n) is 14.2. The highest BCUT2D eigenvalue weighted by Crippen LogP contribution is 2.57. The van der Waals surface area contributed by atoms with Gasteiger partial charge >= 0.3 is 0 Å². The molecular weight excluding hydrogens is 256 g/mol. The molecule has 0 spiro atoms. The molecule has 0 saturated heterocycles. The molecule has 0 unspecified atom stereocenters. The van der Waals surface area contributed by atoms with Crippen LogP contribution in [0.5, 0.6) is 0 Å². The van der Waals surface area contributed by atoms with E-state index in [1.807, 2.05) is 0 Å². The van der Waals surface area contributed by atoms with E-state index in [4.69, 9.17) is 0 Å². The van der Waals surface area contributed by atoms with E-state index in [9.17, 15) is 5.11 Å². The van der Waals surface area contributed by atoms with Gasteiger partial charge in [0, 0.05) is 0 Å². The lowest BCUT2D eigenvalue weighted by Crippen LogP contribution is -2.54. The first kappa shape index (κ1) is 15.1. The first-order valence-electron chi connectivity index (χ1n) is 8.57. The average molecular weight is 286 g/mol. The standard InChI is InChI=1S/C20H30O/c1-13(2)14-7-8-16-15(11-14)12-17(21)18-19(3,4)9-6-10-20(16,18)5/h7-8,11,13,17-18,21H,6,9-10,12H2,1-5H3/t17-,18+,20+/m1/s1. The molecular formula is C20H30O. The highest BCUT2D eigenvalue weighted by molar-refractivity contribution is 5.43. The summed E-state index contributed by atoms with van der Waals surface area (Å²) in [4.78, 5) is 0. The molecule has 1 aromatic carbocycles. The quantitative estimate of drug-likeness (QED) is 0.785. The summed E-state index contributed by atoms with van der Waals surface area (Å²) >= 11 is 0.